The molecule has 3 fully saturated rings. The van der Waals surface area contributed by atoms with E-state index in [0.29, 0.717) is 0 Å². The lowest BCUT2D eigenvalue weighted by Crippen LogP contribution is -2.54. The molecule has 4 heteroatoms. The van der Waals surface area contributed by atoms with Gasteiger partial charge in [0, 0.05) is 45.3 Å². The van der Waals surface area contributed by atoms with E-state index in [0.717, 1.165) is 51.7 Å². The molecule has 1 aliphatic carbocycles. The van der Waals surface area contributed by atoms with Gasteiger partial charge in [0.2, 0.25) is 0 Å². The Labute approximate surface area is 110 Å². The Kier molecular flexibility index (Phi) is 3.46. The summed E-state index contributed by atoms with van der Waals surface area (Å²) < 4.78 is 0. The number of urea groups is 1. The van der Waals surface area contributed by atoms with Gasteiger partial charge in [0.05, 0.1) is 0 Å². The Balaban J connectivity index is 1.50. The molecular formula is C14H23N3O. The van der Waals surface area contributed by atoms with E-state index in [1.165, 1.54) is 19.3 Å². The van der Waals surface area contributed by atoms with E-state index in [-0.39, 0.29) is 11.9 Å². The Hall–Kier alpha value is -0.770. The van der Waals surface area contributed by atoms with E-state index in [4.69, 9.17) is 6.92 Å². The summed E-state index contributed by atoms with van der Waals surface area (Å²) in [6.07, 6.45) is 5.21. The first-order valence-corrected chi connectivity index (χ1v) is 7.27. The Bertz CT molecular complexity index is 310. The van der Waals surface area contributed by atoms with Crippen molar-refractivity contribution >= 4 is 6.03 Å². The summed E-state index contributed by atoms with van der Waals surface area (Å²) in [5, 5.41) is 0. The minimum absolute atomic E-state index is 0.201. The molecule has 4 nitrogen and oxygen atoms in total. The summed E-state index contributed by atoms with van der Waals surface area (Å²) in [5.74, 6) is 0.201. The number of carbonyl (C=O) groups excluding carboxylic acids is 1. The lowest BCUT2D eigenvalue weighted by Gasteiger charge is -2.40. The second-order valence-corrected chi connectivity index (χ2v) is 5.91. The summed E-state index contributed by atoms with van der Waals surface area (Å²) in [5.41, 5.74) is 0. The number of carbonyl (C=O) groups is 1. The van der Waals surface area contributed by atoms with E-state index in [9.17, 15) is 4.79 Å². The maximum absolute atomic E-state index is 12.2. The molecule has 0 bridgehead atoms. The van der Waals surface area contributed by atoms with Crippen LogP contribution in [0.5, 0.6) is 0 Å². The van der Waals surface area contributed by atoms with E-state index in [2.05, 4.69) is 4.90 Å². The van der Waals surface area contributed by atoms with Crippen molar-refractivity contribution in [3.05, 3.63) is 6.92 Å². The average molecular weight is 249 g/mol. The second-order valence-electron chi connectivity index (χ2n) is 5.91. The molecule has 2 heterocycles. The third kappa shape index (κ3) is 2.35. The van der Waals surface area contributed by atoms with Crippen LogP contribution >= 0.6 is 0 Å². The first-order valence-electron chi connectivity index (χ1n) is 7.27. The highest BCUT2D eigenvalue weighted by molar-refractivity contribution is 5.75. The highest BCUT2D eigenvalue weighted by atomic mass is 16.2. The molecule has 18 heavy (non-hydrogen) atoms. The van der Waals surface area contributed by atoms with Gasteiger partial charge >= 0.3 is 6.03 Å². The van der Waals surface area contributed by atoms with E-state index in [1.807, 2.05) is 9.80 Å². The third-order valence-corrected chi connectivity index (χ3v) is 4.57. The Morgan fingerprint density at radius 2 is 1.72 bits per heavy atom. The minimum Gasteiger partial charge on any atom is -0.324 e. The SMILES string of the molecule is [CH]C1CN(C(=O)N2CCCN(C3CCC3)CC2)C1. The van der Waals surface area contributed by atoms with Crippen LogP contribution in [0.2, 0.25) is 0 Å². The first kappa shape index (κ1) is 12.3. The van der Waals surface area contributed by atoms with Gasteiger partial charge in [-0.15, -0.1) is 0 Å². The maximum atomic E-state index is 12.2. The molecule has 100 valence electrons. The molecule has 0 N–H and O–H groups in total. The lowest BCUT2D eigenvalue weighted by atomic mass is 9.91. The van der Waals surface area contributed by atoms with Crippen LogP contribution in [0, 0.1) is 12.8 Å². The molecule has 0 aromatic carbocycles. The van der Waals surface area contributed by atoms with Crippen LogP contribution in [-0.4, -0.2) is 66.0 Å². The van der Waals surface area contributed by atoms with Crippen LogP contribution in [0.4, 0.5) is 4.79 Å². The van der Waals surface area contributed by atoms with Gasteiger partial charge in [-0.05, 0) is 32.1 Å². The fourth-order valence-corrected chi connectivity index (χ4v) is 3.11. The number of nitrogens with zero attached hydrogens (tertiary/aromatic N) is 3. The molecule has 0 unspecified atom stereocenters. The third-order valence-electron chi connectivity index (χ3n) is 4.57. The predicted molar refractivity (Wildman–Crippen MR) is 70.2 cm³/mol. The van der Waals surface area contributed by atoms with Gasteiger partial charge in [-0.2, -0.15) is 0 Å². The van der Waals surface area contributed by atoms with Crippen molar-refractivity contribution in [2.75, 3.05) is 39.3 Å². The molecule has 2 amide bonds. The molecule has 0 atom stereocenters. The zero-order valence-electron chi connectivity index (χ0n) is 11.1. The number of hydrogen-bond acceptors (Lipinski definition) is 2. The van der Waals surface area contributed by atoms with Gasteiger partial charge < -0.3 is 9.80 Å². The Morgan fingerprint density at radius 1 is 0.944 bits per heavy atom. The highest BCUT2D eigenvalue weighted by Crippen LogP contribution is 2.26. The number of amides is 2. The zero-order chi connectivity index (χ0) is 12.5. The fraction of sp³-hybridized carbons (Fsp3) is 0.857. The molecule has 0 aromatic heterocycles. The summed E-state index contributed by atoms with van der Waals surface area (Å²) in [6, 6.07) is 1.00. The van der Waals surface area contributed by atoms with E-state index in [1.54, 1.807) is 0 Å². The fourth-order valence-electron chi connectivity index (χ4n) is 3.11. The molecular weight excluding hydrogens is 226 g/mol. The van der Waals surface area contributed by atoms with Gasteiger partial charge in [-0.3, -0.25) is 4.90 Å². The quantitative estimate of drug-likeness (QED) is 0.700. The molecule has 2 saturated heterocycles. The van der Waals surface area contributed by atoms with Crippen molar-refractivity contribution in [1.82, 2.24) is 14.7 Å². The van der Waals surface area contributed by atoms with E-state index >= 15 is 0 Å². The normalized spacial score (nSPS) is 27.6. The largest absolute Gasteiger partial charge is 0.324 e. The van der Waals surface area contributed by atoms with Gasteiger partial charge in [0.15, 0.2) is 0 Å². The molecule has 0 spiro atoms. The number of rotatable bonds is 1. The molecule has 1 saturated carbocycles. The second kappa shape index (κ2) is 5.08. The molecule has 2 aliphatic heterocycles. The van der Waals surface area contributed by atoms with Gasteiger partial charge in [0.25, 0.3) is 0 Å². The van der Waals surface area contributed by atoms with Gasteiger partial charge in [-0.1, -0.05) is 6.42 Å². The summed E-state index contributed by atoms with van der Waals surface area (Å²) in [4.78, 5) is 18.7. The van der Waals surface area contributed by atoms with Gasteiger partial charge in [0.1, 0.15) is 0 Å². The number of hydrogen-bond donors (Lipinski definition) is 0. The molecule has 2 radical (unpaired) electrons. The van der Waals surface area contributed by atoms with Crippen molar-refractivity contribution in [2.45, 2.75) is 31.7 Å². The van der Waals surface area contributed by atoms with Crippen LogP contribution in [0.1, 0.15) is 25.7 Å². The molecule has 0 aromatic rings. The van der Waals surface area contributed by atoms with E-state index < -0.39 is 0 Å². The zero-order valence-corrected chi connectivity index (χ0v) is 11.1. The van der Waals surface area contributed by atoms with Crippen molar-refractivity contribution < 1.29 is 4.79 Å². The van der Waals surface area contributed by atoms with Crippen molar-refractivity contribution in [3.8, 4) is 0 Å². The maximum Gasteiger partial charge on any atom is 0.320 e. The van der Waals surface area contributed by atoms with Crippen molar-refractivity contribution in [3.63, 3.8) is 0 Å². The van der Waals surface area contributed by atoms with Crippen molar-refractivity contribution in [1.29, 1.82) is 0 Å². The topological polar surface area (TPSA) is 26.8 Å². The van der Waals surface area contributed by atoms with Crippen molar-refractivity contribution in [2.24, 2.45) is 5.92 Å². The average Bonchev–Trinajstić information content (AvgIpc) is 2.48. The molecule has 3 rings (SSSR count). The monoisotopic (exact) mass is 249 g/mol. The first-order chi connectivity index (χ1) is 8.74. The predicted octanol–water partition coefficient (Wildman–Crippen LogP) is 1.31. The summed E-state index contributed by atoms with van der Waals surface area (Å²) in [7, 11) is 0. The van der Waals surface area contributed by atoms with Crippen LogP contribution in [-0.2, 0) is 0 Å². The van der Waals surface area contributed by atoms with Crippen LogP contribution in [0.15, 0.2) is 0 Å². The van der Waals surface area contributed by atoms with Crippen LogP contribution < -0.4 is 0 Å². The van der Waals surface area contributed by atoms with Crippen LogP contribution in [0.3, 0.4) is 0 Å². The standard InChI is InChI=1S/C14H23N3O/c1-12-10-17(11-12)14(18)16-7-3-6-15(8-9-16)13-4-2-5-13/h1,12-13H,2-11H2. The highest BCUT2D eigenvalue weighted by Gasteiger charge is 2.32. The van der Waals surface area contributed by atoms with Crippen LogP contribution in [0.25, 0.3) is 0 Å². The summed E-state index contributed by atoms with van der Waals surface area (Å²) in [6.45, 7) is 11.2. The molecule has 3 aliphatic rings. The minimum atomic E-state index is 0.201. The number of likely N-dealkylation sites (tertiary alicyclic amines) is 1. The lowest BCUT2D eigenvalue weighted by molar-refractivity contribution is 0.102. The smallest absolute Gasteiger partial charge is 0.320 e. The summed E-state index contributed by atoms with van der Waals surface area (Å²) >= 11 is 0. The van der Waals surface area contributed by atoms with Gasteiger partial charge in [-0.25, -0.2) is 4.79 Å². The Morgan fingerprint density at radius 3 is 2.33 bits per heavy atom.